The van der Waals surface area contributed by atoms with Gasteiger partial charge in [-0.15, -0.1) is 0 Å². The van der Waals surface area contributed by atoms with E-state index in [1.165, 1.54) is 61.8 Å². The lowest BCUT2D eigenvalue weighted by atomic mass is 9.89. The standard InChI is InChI=1S/C19H28N2O/c1-3-5-10-21-11-8-15(9-12-21)18-14-20-19-7-6-16(22-4-2)13-17(18)19/h6-7,13-15,20H,3-5,8-12H2,1-2H3. The van der Waals surface area contributed by atoms with Crippen molar-refractivity contribution in [2.24, 2.45) is 0 Å². The molecule has 0 amide bonds. The maximum Gasteiger partial charge on any atom is 0.120 e. The van der Waals surface area contributed by atoms with Crippen LogP contribution in [0.25, 0.3) is 10.9 Å². The van der Waals surface area contributed by atoms with E-state index in [-0.39, 0.29) is 0 Å². The summed E-state index contributed by atoms with van der Waals surface area (Å²) in [6, 6.07) is 6.40. The van der Waals surface area contributed by atoms with Gasteiger partial charge in [0.05, 0.1) is 6.61 Å². The lowest BCUT2D eigenvalue weighted by molar-refractivity contribution is 0.210. The average molecular weight is 300 g/mol. The van der Waals surface area contributed by atoms with Gasteiger partial charge in [0.25, 0.3) is 0 Å². The van der Waals surface area contributed by atoms with Gasteiger partial charge in [0.1, 0.15) is 5.75 Å². The van der Waals surface area contributed by atoms with E-state index in [1.807, 2.05) is 6.92 Å². The summed E-state index contributed by atoms with van der Waals surface area (Å²) in [6.07, 6.45) is 7.38. The minimum atomic E-state index is 0.684. The third-order valence-corrected chi connectivity index (χ3v) is 4.85. The predicted molar refractivity (Wildman–Crippen MR) is 92.8 cm³/mol. The summed E-state index contributed by atoms with van der Waals surface area (Å²) >= 11 is 0. The van der Waals surface area contributed by atoms with Crippen molar-refractivity contribution in [2.45, 2.75) is 45.4 Å². The molecule has 0 saturated carbocycles. The zero-order valence-electron chi connectivity index (χ0n) is 13.9. The third-order valence-electron chi connectivity index (χ3n) is 4.85. The number of likely N-dealkylation sites (tertiary alicyclic amines) is 1. The van der Waals surface area contributed by atoms with Crippen LogP contribution in [0.15, 0.2) is 24.4 Å². The van der Waals surface area contributed by atoms with Gasteiger partial charge >= 0.3 is 0 Å². The molecule has 0 spiro atoms. The van der Waals surface area contributed by atoms with Gasteiger partial charge in [-0.3, -0.25) is 0 Å². The Bertz CT molecular complexity index is 597. The van der Waals surface area contributed by atoms with Gasteiger partial charge in [0.15, 0.2) is 0 Å². The molecule has 1 saturated heterocycles. The van der Waals surface area contributed by atoms with Gasteiger partial charge < -0.3 is 14.6 Å². The smallest absolute Gasteiger partial charge is 0.120 e. The number of nitrogens with zero attached hydrogens (tertiary/aromatic N) is 1. The van der Waals surface area contributed by atoms with E-state index in [4.69, 9.17) is 4.74 Å². The molecule has 1 N–H and O–H groups in total. The molecule has 2 heterocycles. The number of aromatic amines is 1. The van der Waals surface area contributed by atoms with Gasteiger partial charge in [-0.1, -0.05) is 13.3 Å². The van der Waals surface area contributed by atoms with Crippen LogP contribution in [0.2, 0.25) is 0 Å². The molecule has 1 aromatic heterocycles. The Kier molecular flexibility index (Phi) is 5.04. The number of benzene rings is 1. The number of unbranched alkanes of at least 4 members (excludes halogenated alkanes) is 1. The zero-order valence-corrected chi connectivity index (χ0v) is 13.9. The van der Waals surface area contributed by atoms with Crippen molar-refractivity contribution in [3.8, 4) is 5.75 Å². The van der Waals surface area contributed by atoms with Crippen LogP contribution >= 0.6 is 0 Å². The summed E-state index contributed by atoms with van der Waals surface area (Å²) in [5.74, 6) is 1.67. The van der Waals surface area contributed by atoms with E-state index in [0.29, 0.717) is 5.92 Å². The van der Waals surface area contributed by atoms with Crippen LogP contribution in [0.3, 0.4) is 0 Å². The number of rotatable bonds is 6. The maximum atomic E-state index is 5.66. The van der Waals surface area contributed by atoms with Crippen LogP contribution in [-0.2, 0) is 0 Å². The molecule has 3 heteroatoms. The van der Waals surface area contributed by atoms with E-state index in [0.717, 1.165) is 12.4 Å². The van der Waals surface area contributed by atoms with Crippen LogP contribution < -0.4 is 4.74 Å². The van der Waals surface area contributed by atoms with E-state index in [1.54, 1.807) is 0 Å². The highest BCUT2D eigenvalue weighted by molar-refractivity contribution is 5.85. The highest BCUT2D eigenvalue weighted by Crippen LogP contribution is 2.34. The fourth-order valence-corrected chi connectivity index (χ4v) is 3.56. The monoisotopic (exact) mass is 300 g/mol. The first-order valence-corrected chi connectivity index (χ1v) is 8.78. The summed E-state index contributed by atoms with van der Waals surface area (Å²) in [5, 5.41) is 1.35. The van der Waals surface area contributed by atoms with E-state index < -0.39 is 0 Å². The summed E-state index contributed by atoms with van der Waals surface area (Å²) in [5.41, 5.74) is 2.71. The predicted octanol–water partition coefficient (Wildman–Crippen LogP) is 4.55. The molecule has 1 fully saturated rings. The van der Waals surface area contributed by atoms with Crippen LogP contribution in [0, 0.1) is 0 Å². The topological polar surface area (TPSA) is 28.3 Å². The van der Waals surface area contributed by atoms with Gasteiger partial charge in [0, 0.05) is 17.1 Å². The Hall–Kier alpha value is -1.48. The lowest BCUT2D eigenvalue weighted by Gasteiger charge is -2.31. The SMILES string of the molecule is CCCCN1CCC(c2c[nH]c3ccc(OCC)cc23)CC1. The normalized spacial score (nSPS) is 17.2. The number of piperidine rings is 1. The van der Waals surface area contributed by atoms with E-state index in [9.17, 15) is 0 Å². The molecule has 22 heavy (non-hydrogen) atoms. The molecule has 0 bridgehead atoms. The van der Waals surface area contributed by atoms with Crippen molar-refractivity contribution in [1.82, 2.24) is 9.88 Å². The number of nitrogens with one attached hydrogen (secondary N) is 1. The Morgan fingerprint density at radius 1 is 1.23 bits per heavy atom. The quantitative estimate of drug-likeness (QED) is 0.848. The Labute approximate surface area is 133 Å². The van der Waals surface area contributed by atoms with Gasteiger partial charge in [-0.2, -0.15) is 0 Å². The molecule has 1 aliphatic rings. The summed E-state index contributed by atoms with van der Waals surface area (Å²) in [4.78, 5) is 6.06. The first-order valence-electron chi connectivity index (χ1n) is 8.78. The molecule has 0 aliphatic carbocycles. The highest BCUT2D eigenvalue weighted by Gasteiger charge is 2.22. The van der Waals surface area contributed by atoms with Crippen molar-refractivity contribution >= 4 is 10.9 Å². The highest BCUT2D eigenvalue weighted by atomic mass is 16.5. The van der Waals surface area contributed by atoms with Gasteiger partial charge in [-0.05, 0) is 75.5 Å². The maximum absolute atomic E-state index is 5.66. The molecule has 1 aromatic carbocycles. The van der Waals surface area contributed by atoms with E-state index >= 15 is 0 Å². The Morgan fingerprint density at radius 3 is 2.77 bits per heavy atom. The van der Waals surface area contributed by atoms with Crippen molar-refractivity contribution in [2.75, 3.05) is 26.2 Å². The van der Waals surface area contributed by atoms with Crippen molar-refractivity contribution in [1.29, 1.82) is 0 Å². The molecule has 3 rings (SSSR count). The van der Waals surface area contributed by atoms with Crippen molar-refractivity contribution < 1.29 is 4.74 Å². The second-order valence-corrected chi connectivity index (χ2v) is 6.35. The molecule has 3 nitrogen and oxygen atoms in total. The minimum Gasteiger partial charge on any atom is -0.494 e. The Balaban J connectivity index is 1.72. The number of fused-ring (bicyclic) bond motifs is 1. The minimum absolute atomic E-state index is 0.684. The number of aromatic nitrogens is 1. The molecule has 0 atom stereocenters. The number of H-pyrrole nitrogens is 1. The second kappa shape index (κ2) is 7.19. The lowest BCUT2D eigenvalue weighted by Crippen LogP contribution is -2.33. The summed E-state index contributed by atoms with van der Waals surface area (Å²) in [6.45, 7) is 8.78. The number of ether oxygens (including phenoxy) is 1. The fourth-order valence-electron chi connectivity index (χ4n) is 3.56. The van der Waals surface area contributed by atoms with Gasteiger partial charge in [0.2, 0.25) is 0 Å². The third kappa shape index (κ3) is 3.30. The van der Waals surface area contributed by atoms with Crippen LogP contribution in [0.4, 0.5) is 0 Å². The van der Waals surface area contributed by atoms with Crippen LogP contribution in [0.1, 0.15) is 51.0 Å². The molecule has 1 aliphatic heterocycles. The van der Waals surface area contributed by atoms with Gasteiger partial charge in [-0.25, -0.2) is 0 Å². The van der Waals surface area contributed by atoms with Crippen molar-refractivity contribution in [3.05, 3.63) is 30.0 Å². The molecular formula is C19H28N2O. The average Bonchev–Trinajstić information content (AvgIpc) is 2.97. The Morgan fingerprint density at radius 2 is 2.05 bits per heavy atom. The summed E-state index contributed by atoms with van der Waals surface area (Å²) < 4.78 is 5.66. The van der Waals surface area contributed by atoms with E-state index in [2.05, 4.69) is 41.2 Å². The van der Waals surface area contributed by atoms with Crippen molar-refractivity contribution in [3.63, 3.8) is 0 Å². The largest absolute Gasteiger partial charge is 0.494 e. The number of hydrogen-bond donors (Lipinski definition) is 1. The molecule has 0 radical (unpaired) electrons. The first kappa shape index (κ1) is 15.4. The zero-order chi connectivity index (χ0) is 15.4. The van der Waals surface area contributed by atoms with Crippen LogP contribution in [-0.4, -0.2) is 36.1 Å². The molecule has 2 aromatic rings. The van der Waals surface area contributed by atoms with Crippen LogP contribution in [0.5, 0.6) is 5.75 Å². The summed E-state index contributed by atoms with van der Waals surface area (Å²) in [7, 11) is 0. The molecule has 120 valence electrons. The first-order chi connectivity index (χ1) is 10.8. The molecular weight excluding hydrogens is 272 g/mol. The molecule has 0 unspecified atom stereocenters. The fraction of sp³-hybridized carbons (Fsp3) is 0.579. The number of hydrogen-bond acceptors (Lipinski definition) is 2. The second-order valence-electron chi connectivity index (χ2n) is 6.35.